The maximum Gasteiger partial charge on any atom is 0.262 e. The zero-order chi connectivity index (χ0) is 17.5. The zero-order valence-electron chi connectivity index (χ0n) is 13.6. The number of halogens is 1. The topological polar surface area (TPSA) is 38.3 Å². The first-order chi connectivity index (χ1) is 12.2. The van der Waals surface area contributed by atoms with Crippen LogP contribution in [0.15, 0.2) is 83.3 Å². The van der Waals surface area contributed by atoms with Gasteiger partial charge in [-0.25, -0.2) is 0 Å². The van der Waals surface area contributed by atoms with Crippen molar-refractivity contribution in [2.45, 2.75) is 6.42 Å². The normalized spacial score (nSPS) is 10.3. The highest BCUT2D eigenvalue weighted by Crippen LogP contribution is 2.20. The molecule has 1 N–H and O–H groups in total. The second-order valence-electron chi connectivity index (χ2n) is 5.61. The average molecular weight is 396 g/mol. The molecular formula is C21H18BrNO2. The van der Waals surface area contributed by atoms with Crippen molar-refractivity contribution in [1.82, 2.24) is 0 Å². The van der Waals surface area contributed by atoms with Crippen LogP contribution in [0, 0.1) is 0 Å². The van der Waals surface area contributed by atoms with Gasteiger partial charge in [-0.15, -0.1) is 0 Å². The predicted octanol–water partition coefficient (Wildman–Crippen LogP) is 5.06. The Balaban J connectivity index is 1.63. The standard InChI is InChI=1S/C21H18BrNO2/c22-18-10-6-11-19(14-18)25-15-21(24)23-20-12-5-4-9-17(20)13-16-7-2-1-3-8-16/h1-12,14H,13,15H2,(H,23,24). The third-order valence-electron chi connectivity index (χ3n) is 3.69. The molecule has 0 aromatic heterocycles. The van der Waals surface area contributed by atoms with Gasteiger partial charge in [0.05, 0.1) is 0 Å². The van der Waals surface area contributed by atoms with Gasteiger partial charge in [0.15, 0.2) is 6.61 Å². The molecule has 0 spiro atoms. The molecule has 3 aromatic carbocycles. The largest absolute Gasteiger partial charge is 0.484 e. The van der Waals surface area contributed by atoms with Crippen molar-refractivity contribution in [2.24, 2.45) is 0 Å². The molecule has 0 unspecified atom stereocenters. The van der Waals surface area contributed by atoms with E-state index in [1.165, 1.54) is 5.56 Å². The second kappa shape index (κ2) is 8.49. The van der Waals surface area contributed by atoms with Gasteiger partial charge in [-0.2, -0.15) is 0 Å². The molecule has 0 bridgehead atoms. The summed E-state index contributed by atoms with van der Waals surface area (Å²) in [5.41, 5.74) is 3.09. The number of carbonyl (C=O) groups is 1. The van der Waals surface area contributed by atoms with Crippen LogP contribution in [0.4, 0.5) is 5.69 Å². The number of rotatable bonds is 6. The number of nitrogens with one attached hydrogen (secondary N) is 1. The summed E-state index contributed by atoms with van der Waals surface area (Å²) in [6.45, 7) is -0.0316. The van der Waals surface area contributed by atoms with Crippen LogP contribution < -0.4 is 10.1 Å². The van der Waals surface area contributed by atoms with Gasteiger partial charge in [0.2, 0.25) is 0 Å². The Morgan fingerprint density at radius 2 is 1.68 bits per heavy atom. The third kappa shape index (κ3) is 5.19. The van der Waals surface area contributed by atoms with Gasteiger partial charge in [-0.1, -0.05) is 70.5 Å². The van der Waals surface area contributed by atoms with E-state index >= 15 is 0 Å². The number of carbonyl (C=O) groups excluding carboxylic acids is 1. The molecule has 3 nitrogen and oxygen atoms in total. The van der Waals surface area contributed by atoms with E-state index in [2.05, 4.69) is 33.4 Å². The van der Waals surface area contributed by atoms with Crippen molar-refractivity contribution in [2.75, 3.05) is 11.9 Å². The van der Waals surface area contributed by atoms with Crippen LogP contribution in [0.5, 0.6) is 5.75 Å². The Morgan fingerprint density at radius 1 is 0.920 bits per heavy atom. The van der Waals surface area contributed by atoms with Crippen LogP contribution in [-0.2, 0) is 11.2 Å². The molecule has 4 heteroatoms. The Bertz CT molecular complexity index is 849. The first kappa shape index (κ1) is 17.2. The van der Waals surface area contributed by atoms with Crippen molar-refractivity contribution in [3.05, 3.63) is 94.5 Å². The second-order valence-corrected chi connectivity index (χ2v) is 6.53. The van der Waals surface area contributed by atoms with Crippen LogP contribution in [0.25, 0.3) is 0 Å². The molecule has 0 atom stereocenters. The molecule has 0 saturated heterocycles. The molecule has 3 rings (SSSR count). The summed E-state index contributed by atoms with van der Waals surface area (Å²) in [6.07, 6.45) is 0.768. The van der Waals surface area contributed by atoms with Crippen LogP contribution in [0.3, 0.4) is 0 Å². The number of anilines is 1. The van der Waals surface area contributed by atoms with E-state index in [1.54, 1.807) is 0 Å². The van der Waals surface area contributed by atoms with Gasteiger partial charge in [0, 0.05) is 10.2 Å². The number of hydrogen-bond acceptors (Lipinski definition) is 2. The SMILES string of the molecule is O=C(COc1cccc(Br)c1)Nc1ccccc1Cc1ccccc1. The lowest BCUT2D eigenvalue weighted by Crippen LogP contribution is -2.21. The minimum Gasteiger partial charge on any atom is -0.484 e. The summed E-state index contributed by atoms with van der Waals surface area (Å²) in [7, 11) is 0. The molecule has 126 valence electrons. The van der Waals surface area contributed by atoms with Crippen LogP contribution >= 0.6 is 15.9 Å². The van der Waals surface area contributed by atoms with E-state index in [-0.39, 0.29) is 12.5 Å². The zero-order valence-corrected chi connectivity index (χ0v) is 15.2. The monoisotopic (exact) mass is 395 g/mol. The van der Waals surface area contributed by atoms with E-state index in [4.69, 9.17) is 4.74 Å². The van der Waals surface area contributed by atoms with E-state index in [9.17, 15) is 4.79 Å². The summed E-state index contributed by atoms with van der Waals surface area (Å²) in [5.74, 6) is 0.475. The van der Waals surface area contributed by atoms with E-state index in [1.807, 2.05) is 66.7 Å². The molecule has 0 radical (unpaired) electrons. The fourth-order valence-electron chi connectivity index (χ4n) is 2.50. The lowest BCUT2D eigenvalue weighted by atomic mass is 10.0. The third-order valence-corrected chi connectivity index (χ3v) is 4.19. The maximum absolute atomic E-state index is 12.2. The van der Waals surface area contributed by atoms with Crippen LogP contribution in [0.2, 0.25) is 0 Å². The molecule has 0 aliphatic carbocycles. The van der Waals surface area contributed by atoms with E-state index in [0.717, 1.165) is 22.1 Å². The summed E-state index contributed by atoms with van der Waals surface area (Å²) >= 11 is 3.38. The average Bonchev–Trinajstić information content (AvgIpc) is 2.63. The highest BCUT2D eigenvalue weighted by Gasteiger charge is 2.08. The molecule has 0 fully saturated rings. The van der Waals surface area contributed by atoms with Crippen molar-refractivity contribution in [1.29, 1.82) is 0 Å². The van der Waals surface area contributed by atoms with Gasteiger partial charge in [-0.3, -0.25) is 4.79 Å². The van der Waals surface area contributed by atoms with Crippen LogP contribution in [-0.4, -0.2) is 12.5 Å². The Morgan fingerprint density at radius 3 is 2.48 bits per heavy atom. The number of amides is 1. The smallest absolute Gasteiger partial charge is 0.262 e. The molecule has 3 aromatic rings. The number of benzene rings is 3. The quantitative estimate of drug-likeness (QED) is 0.633. The molecule has 25 heavy (non-hydrogen) atoms. The van der Waals surface area contributed by atoms with Gasteiger partial charge < -0.3 is 10.1 Å². The number of para-hydroxylation sites is 1. The first-order valence-corrected chi connectivity index (χ1v) is 8.80. The van der Waals surface area contributed by atoms with E-state index in [0.29, 0.717) is 5.75 Å². The fraction of sp³-hybridized carbons (Fsp3) is 0.0952. The number of hydrogen-bond donors (Lipinski definition) is 1. The van der Waals surface area contributed by atoms with Crippen molar-refractivity contribution in [3.63, 3.8) is 0 Å². The van der Waals surface area contributed by atoms with Gasteiger partial charge in [-0.05, 0) is 41.8 Å². The Hall–Kier alpha value is -2.59. The summed E-state index contributed by atoms with van der Waals surface area (Å²) < 4.78 is 6.45. The fourth-order valence-corrected chi connectivity index (χ4v) is 2.88. The Labute approximate surface area is 155 Å². The lowest BCUT2D eigenvalue weighted by Gasteiger charge is -2.12. The predicted molar refractivity (Wildman–Crippen MR) is 104 cm³/mol. The molecule has 0 aliphatic rings. The van der Waals surface area contributed by atoms with Crippen LogP contribution in [0.1, 0.15) is 11.1 Å². The van der Waals surface area contributed by atoms with E-state index < -0.39 is 0 Å². The molecule has 0 aliphatic heterocycles. The van der Waals surface area contributed by atoms with Gasteiger partial charge in [0.25, 0.3) is 5.91 Å². The first-order valence-electron chi connectivity index (χ1n) is 8.01. The summed E-state index contributed by atoms with van der Waals surface area (Å²) in [6, 6.07) is 25.4. The maximum atomic E-state index is 12.2. The number of ether oxygens (including phenoxy) is 1. The highest BCUT2D eigenvalue weighted by molar-refractivity contribution is 9.10. The highest BCUT2D eigenvalue weighted by atomic mass is 79.9. The van der Waals surface area contributed by atoms with Gasteiger partial charge in [0.1, 0.15) is 5.75 Å². The van der Waals surface area contributed by atoms with Crippen molar-refractivity contribution < 1.29 is 9.53 Å². The molecule has 0 saturated carbocycles. The molecular weight excluding hydrogens is 378 g/mol. The molecule has 0 heterocycles. The minimum absolute atomic E-state index is 0.0316. The summed E-state index contributed by atoms with van der Waals surface area (Å²) in [5, 5.41) is 2.94. The Kier molecular flexibility index (Phi) is 5.86. The minimum atomic E-state index is -0.180. The molecule has 1 amide bonds. The van der Waals surface area contributed by atoms with Crippen molar-refractivity contribution in [3.8, 4) is 5.75 Å². The lowest BCUT2D eigenvalue weighted by molar-refractivity contribution is -0.118. The van der Waals surface area contributed by atoms with Gasteiger partial charge >= 0.3 is 0 Å². The summed E-state index contributed by atoms with van der Waals surface area (Å²) in [4.78, 5) is 12.2. The van der Waals surface area contributed by atoms with Crippen molar-refractivity contribution >= 4 is 27.5 Å².